The molecule has 1 unspecified atom stereocenters. The van der Waals surface area contributed by atoms with E-state index in [1.165, 1.54) is 36.4 Å². The van der Waals surface area contributed by atoms with Gasteiger partial charge in [-0.25, -0.2) is 8.78 Å². The third-order valence-electron chi connectivity index (χ3n) is 2.38. The summed E-state index contributed by atoms with van der Waals surface area (Å²) in [7, 11) is -1.59. The van der Waals surface area contributed by atoms with Gasteiger partial charge in [0.2, 0.25) is 0 Å². The fraction of sp³-hybridized carbons (Fsp3) is 0.0769. The summed E-state index contributed by atoms with van der Waals surface area (Å²) in [6.45, 7) is 0. The van der Waals surface area contributed by atoms with Gasteiger partial charge in [0.05, 0.1) is 21.4 Å². The Morgan fingerprint density at radius 1 is 1.11 bits per heavy atom. The highest BCUT2D eigenvalue weighted by Crippen LogP contribution is 2.22. The molecule has 0 aliphatic rings. The first-order chi connectivity index (χ1) is 8.58. The first-order valence-corrected chi connectivity index (χ1v) is 6.84. The molecule has 0 N–H and O–H groups in total. The van der Waals surface area contributed by atoms with Crippen molar-refractivity contribution in [3.63, 3.8) is 0 Å². The smallest absolute Gasteiger partial charge is 0.139 e. The van der Waals surface area contributed by atoms with Crippen LogP contribution in [0.25, 0.3) is 0 Å². The summed E-state index contributed by atoms with van der Waals surface area (Å²) in [4.78, 5) is 0.0952. The van der Waals surface area contributed by atoms with Crippen LogP contribution in [0, 0.1) is 11.6 Å². The molecule has 0 aliphatic carbocycles. The van der Waals surface area contributed by atoms with Crippen LogP contribution < -0.4 is 0 Å². The molecule has 1 atom stereocenters. The van der Waals surface area contributed by atoms with Gasteiger partial charge in [0.25, 0.3) is 0 Å². The van der Waals surface area contributed by atoms with Gasteiger partial charge >= 0.3 is 0 Å². The van der Waals surface area contributed by atoms with Gasteiger partial charge in [0, 0.05) is 5.02 Å². The highest BCUT2D eigenvalue weighted by molar-refractivity contribution is 7.84. The number of hydrogen-bond acceptors (Lipinski definition) is 1. The van der Waals surface area contributed by atoms with Gasteiger partial charge < -0.3 is 0 Å². The zero-order valence-corrected chi connectivity index (χ0v) is 10.8. The Labute approximate surface area is 111 Å². The summed E-state index contributed by atoms with van der Waals surface area (Å²) in [5, 5.41) is 0.320. The van der Waals surface area contributed by atoms with Crippen molar-refractivity contribution in [2.75, 3.05) is 0 Å². The van der Waals surface area contributed by atoms with Crippen molar-refractivity contribution >= 4 is 22.4 Å². The van der Waals surface area contributed by atoms with E-state index in [2.05, 4.69) is 0 Å². The van der Waals surface area contributed by atoms with Crippen molar-refractivity contribution in [2.45, 2.75) is 10.6 Å². The third kappa shape index (κ3) is 2.94. The van der Waals surface area contributed by atoms with Crippen molar-refractivity contribution in [1.29, 1.82) is 0 Å². The largest absolute Gasteiger partial charge is 0.254 e. The molecule has 0 heterocycles. The summed E-state index contributed by atoms with van der Waals surface area (Å²) in [5.74, 6) is -1.01. The zero-order valence-electron chi connectivity index (χ0n) is 9.20. The van der Waals surface area contributed by atoms with Gasteiger partial charge in [-0.2, -0.15) is 0 Å². The third-order valence-corrected chi connectivity index (χ3v) is 4.14. The predicted molar refractivity (Wildman–Crippen MR) is 67.9 cm³/mol. The monoisotopic (exact) mass is 286 g/mol. The molecule has 0 aromatic heterocycles. The Kier molecular flexibility index (Phi) is 4.09. The highest BCUT2D eigenvalue weighted by Gasteiger charge is 2.12. The number of rotatable bonds is 3. The quantitative estimate of drug-likeness (QED) is 0.836. The summed E-state index contributed by atoms with van der Waals surface area (Å²) in [6, 6.07) is 9.62. The first kappa shape index (κ1) is 13.2. The van der Waals surface area contributed by atoms with E-state index in [9.17, 15) is 13.0 Å². The van der Waals surface area contributed by atoms with Crippen LogP contribution in [-0.4, -0.2) is 4.21 Å². The van der Waals surface area contributed by atoms with Gasteiger partial charge in [0.15, 0.2) is 0 Å². The normalized spacial score (nSPS) is 12.4. The Balaban J connectivity index is 2.27. The van der Waals surface area contributed by atoms with Crippen molar-refractivity contribution < 1.29 is 13.0 Å². The summed E-state index contributed by atoms with van der Waals surface area (Å²) in [5.41, 5.74) is 0.401. The summed E-state index contributed by atoms with van der Waals surface area (Å²) in [6.07, 6.45) is 0. The van der Waals surface area contributed by atoms with Gasteiger partial charge in [-0.05, 0) is 35.9 Å². The molecular formula is C13H9ClF2OS. The number of benzene rings is 2. The molecular weight excluding hydrogens is 278 g/mol. The maximum Gasteiger partial charge on any atom is 0.139 e. The van der Waals surface area contributed by atoms with E-state index < -0.39 is 22.4 Å². The fourth-order valence-electron chi connectivity index (χ4n) is 1.50. The number of halogens is 3. The van der Waals surface area contributed by atoms with Crippen LogP contribution in [0.2, 0.25) is 5.02 Å². The Hall–Kier alpha value is -1.26. The van der Waals surface area contributed by atoms with E-state index in [0.29, 0.717) is 10.6 Å². The van der Waals surface area contributed by atoms with Gasteiger partial charge in [-0.3, -0.25) is 4.21 Å². The molecule has 0 fully saturated rings. The van der Waals surface area contributed by atoms with Crippen molar-refractivity contribution in [2.24, 2.45) is 0 Å². The standard InChI is InChI=1S/C13H9ClF2OS/c14-11-6-5-10(15)7-9(11)8-18(17)13-4-2-1-3-12(13)16/h1-7H,8H2. The van der Waals surface area contributed by atoms with E-state index in [1.807, 2.05) is 0 Å². The minimum atomic E-state index is -1.59. The van der Waals surface area contributed by atoms with E-state index >= 15 is 0 Å². The molecule has 2 aromatic carbocycles. The van der Waals surface area contributed by atoms with Gasteiger partial charge in [-0.1, -0.05) is 23.7 Å². The zero-order chi connectivity index (χ0) is 13.1. The molecule has 94 valence electrons. The van der Waals surface area contributed by atoms with Crippen LogP contribution in [0.5, 0.6) is 0 Å². The minimum absolute atomic E-state index is 0.0163. The minimum Gasteiger partial charge on any atom is -0.254 e. The average molecular weight is 287 g/mol. The van der Waals surface area contributed by atoms with Gasteiger partial charge in [-0.15, -0.1) is 0 Å². The maximum atomic E-state index is 13.4. The highest BCUT2D eigenvalue weighted by atomic mass is 35.5. The average Bonchev–Trinajstić information content (AvgIpc) is 2.34. The maximum absolute atomic E-state index is 13.4. The van der Waals surface area contributed by atoms with Crippen LogP contribution in [0.1, 0.15) is 5.56 Å². The SMILES string of the molecule is O=S(Cc1cc(F)ccc1Cl)c1ccccc1F. The molecule has 0 amide bonds. The Morgan fingerprint density at radius 3 is 2.56 bits per heavy atom. The van der Waals surface area contributed by atoms with Crippen molar-refractivity contribution in [3.8, 4) is 0 Å². The molecule has 0 bridgehead atoms. The molecule has 2 aromatic rings. The molecule has 0 aliphatic heterocycles. The van der Waals surface area contributed by atoms with Crippen LogP contribution in [0.4, 0.5) is 8.78 Å². The molecule has 0 saturated heterocycles. The summed E-state index contributed by atoms with van der Waals surface area (Å²) >= 11 is 5.87. The molecule has 0 saturated carbocycles. The molecule has 1 nitrogen and oxygen atoms in total. The van der Waals surface area contributed by atoms with Crippen LogP contribution in [0.3, 0.4) is 0 Å². The van der Waals surface area contributed by atoms with E-state index in [1.54, 1.807) is 6.07 Å². The van der Waals surface area contributed by atoms with E-state index in [4.69, 9.17) is 11.6 Å². The second-order valence-corrected chi connectivity index (χ2v) is 5.48. The van der Waals surface area contributed by atoms with Crippen molar-refractivity contribution in [1.82, 2.24) is 0 Å². The van der Waals surface area contributed by atoms with E-state index in [0.717, 1.165) is 0 Å². The van der Waals surface area contributed by atoms with E-state index in [-0.39, 0.29) is 10.6 Å². The summed E-state index contributed by atoms with van der Waals surface area (Å²) < 4.78 is 38.5. The molecule has 0 radical (unpaired) electrons. The Bertz CT molecular complexity index is 601. The lowest BCUT2D eigenvalue weighted by molar-refractivity contribution is 0.595. The second kappa shape index (κ2) is 5.59. The topological polar surface area (TPSA) is 17.1 Å². The lowest BCUT2D eigenvalue weighted by Gasteiger charge is -2.05. The lowest BCUT2D eigenvalue weighted by Crippen LogP contribution is -2.00. The van der Waals surface area contributed by atoms with Crippen LogP contribution in [0.15, 0.2) is 47.4 Å². The molecule has 0 spiro atoms. The number of hydrogen-bond donors (Lipinski definition) is 0. The van der Waals surface area contributed by atoms with Gasteiger partial charge in [0.1, 0.15) is 11.6 Å². The first-order valence-electron chi connectivity index (χ1n) is 5.15. The Morgan fingerprint density at radius 2 is 1.83 bits per heavy atom. The second-order valence-electron chi connectivity index (χ2n) is 3.66. The van der Waals surface area contributed by atoms with Crippen LogP contribution >= 0.6 is 11.6 Å². The van der Waals surface area contributed by atoms with Crippen LogP contribution in [-0.2, 0) is 16.6 Å². The predicted octanol–water partition coefficient (Wildman–Crippen LogP) is 3.93. The lowest BCUT2D eigenvalue weighted by atomic mass is 10.2. The molecule has 2 rings (SSSR count). The molecule has 5 heteroatoms. The fourth-order valence-corrected chi connectivity index (χ4v) is 2.96. The molecule has 18 heavy (non-hydrogen) atoms. The van der Waals surface area contributed by atoms with Crippen molar-refractivity contribution in [3.05, 3.63) is 64.7 Å².